The van der Waals surface area contributed by atoms with E-state index in [1.807, 2.05) is 6.07 Å². The van der Waals surface area contributed by atoms with Gasteiger partial charge in [0.15, 0.2) is 5.82 Å². The summed E-state index contributed by atoms with van der Waals surface area (Å²) >= 11 is 0. The van der Waals surface area contributed by atoms with Crippen molar-refractivity contribution in [3.05, 3.63) is 35.7 Å². The van der Waals surface area contributed by atoms with E-state index in [0.717, 1.165) is 63.9 Å². The Balaban J connectivity index is 1.55. The molecule has 7 nitrogen and oxygen atoms in total. The molecule has 25 heavy (non-hydrogen) atoms. The Morgan fingerprint density at radius 3 is 2.88 bits per heavy atom. The number of benzene rings is 1. The average molecular weight is 343 g/mol. The van der Waals surface area contributed by atoms with Gasteiger partial charge in [0, 0.05) is 44.8 Å². The van der Waals surface area contributed by atoms with E-state index in [2.05, 4.69) is 45.5 Å². The van der Waals surface area contributed by atoms with Crippen molar-refractivity contribution in [1.29, 1.82) is 0 Å². The highest BCUT2D eigenvalue weighted by Gasteiger charge is 2.26. The number of piperazine rings is 1. The number of nitrogens with zero attached hydrogens (tertiary/aromatic N) is 4. The second kappa shape index (κ2) is 7.61. The summed E-state index contributed by atoms with van der Waals surface area (Å²) in [5.41, 5.74) is 2.24. The largest absolute Gasteiger partial charge is 0.379 e. The number of rotatable bonds is 4. The van der Waals surface area contributed by atoms with Gasteiger partial charge in [0.05, 0.1) is 19.3 Å². The molecule has 0 bridgehead atoms. The highest BCUT2D eigenvalue weighted by molar-refractivity contribution is 5.58. The second-order valence-corrected chi connectivity index (χ2v) is 6.70. The first-order valence-electron chi connectivity index (χ1n) is 8.94. The van der Waals surface area contributed by atoms with Crippen molar-refractivity contribution in [2.45, 2.75) is 12.6 Å². The molecule has 2 saturated heterocycles. The normalized spacial score (nSPS) is 23.0. The summed E-state index contributed by atoms with van der Waals surface area (Å²) in [5.74, 6) is 1.36. The Morgan fingerprint density at radius 2 is 2.04 bits per heavy atom. The first-order chi connectivity index (χ1) is 12.3. The molecule has 1 unspecified atom stereocenters. The summed E-state index contributed by atoms with van der Waals surface area (Å²) < 4.78 is 11.1. The van der Waals surface area contributed by atoms with Crippen molar-refractivity contribution < 1.29 is 9.26 Å². The fraction of sp³-hybridized carbons (Fsp3) is 0.556. The van der Waals surface area contributed by atoms with Crippen LogP contribution in [0.25, 0.3) is 11.5 Å². The lowest BCUT2D eigenvalue weighted by atomic mass is 10.1. The molecule has 0 saturated carbocycles. The van der Waals surface area contributed by atoms with Crippen molar-refractivity contribution in [3.8, 4) is 11.5 Å². The SMILES string of the molecule is CN1CCNCC1c1noc(-c2ccccc2CN2CCOCC2)n1. The molecule has 134 valence electrons. The highest BCUT2D eigenvalue weighted by atomic mass is 16.5. The summed E-state index contributed by atoms with van der Waals surface area (Å²) in [6, 6.07) is 8.46. The first-order valence-corrected chi connectivity index (χ1v) is 8.94. The van der Waals surface area contributed by atoms with Crippen molar-refractivity contribution in [2.24, 2.45) is 0 Å². The molecule has 7 heteroatoms. The molecule has 2 aliphatic rings. The first kappa shape index (κ1) is 16.7. The topological polar surface area (TPSA) is 66.7 Å². The monoisotopic (exact) mass is 343 g/mol. The lowest BCUT2D eigenvalue weighted by molar-refractivity contribution is 0.0342. The molecule has 0 radical (unpaired) electrons. The third-order valence-electron chi connectivity index (χ3n) is 5.00. The molecule has 3 heterocycles. The van der Waals surface area contributed by atoms with Crippen LogP contribution in [0.2, 0.25) is 0 Å². The maximum atomic E-state index is 5.62. The molecular formula is C18H25N5O2. The quantitative estimate of drug-likeness (QED) is 0.893. The van der Waals surface area contributed by atoms with Gasteiger partial charge in [-0.3, -0.25) is 9.80 Å². The molecule has 1 aromatic heterocycles. The molecule has 2 aromatic rings. The fourth-order valence-corrected chi connectivity index (χ4v) is 3.44. The Labute approximate surface area is 147 Å². The van der Waals surface area contributed by atoms with Crippen molar-refractivity contribution >= 4 is 0 Å². The van der Waals surface area contributed by atoms with Crippen LogP contribution in [0.5, 0.6) is 0 Å². The Hall–Kier alpha value is -1.80. The van der Waals surface area contributed by atoms with E-state index < -0.39 is 0 Å². The summed E-state index contributed by atoms with van der Waals surface area (Å²) in [5, 5.41) is 7.65. The van der Waals surface area contributed by atoms with E-state index in [-0.39, 0.29) is 6.04 Å². The molecule has 1 aromatic carbocycles. The van der Waals surface area contributed by atoms with Gasteiger partial charge in [0.2, 0.25) is 0 Å². The number of ether oxygens (including phenoxy) is 1. The van der Waals surface area contributed by atoms with Gasteiger partial charge in [-0.25, -0.2) is 0 Å². The summed E-state index contributed by atoms with van der Waals surface area (Å²) in [6.07, 6.45) is 0. The number of aromatic nitrogens is 2. The molecular weight excluding hydrogens is 318 g/mol. The zero-order chi connectivity index (χ0) is 17.1. The summed E-state index contributed by atoms with van der Waals surface area (Å²) in [6.45, 7) is 7.24. The average Bonchev–Trinajstić information content (AvgIpc) is 3.13. The van der Waals surface area contributed by atoms with Gasteiger partial charge in [-0.2, -0.15) is 4.98 Å². The summed E-state index contributed by atoms with van der Waals surface area (Å²) in [4.78, 5) is 9.38. The van der Waals surface area contributed by atoms with Crippen LogP contribution in [0.3, 0.4) is 0 Å². The zero-order valence-electron chi connectivity index (χ0n) is 14.6. The van der Waals surface area contributed by atoms with E-state index in [9.17, 15) is 0 Å². The smallest absolute Gasteiger partial charge is 0.258 e. The maximum absolute atomic E-state index is 5.62. The van der Waals surface area contributed by atoms with E-state index in [0.29, 0.717) is 5.89 Å². The number of nitrogens with one attached hydrogen (secondary N) is 1. The van der Waals surface area contributed by atoms with Crippen LogP contribution in [0.15, 0.2) is 28.8 Å². The van der Waals surface area contributed by atoms with Crippen LogP contribution in [-0.4, -0.2) is 72.9 Å². The fourth-order valence-electron chi connectivity index (χ4n) is 3.44. The number of morpholine rings is 1. The number of hydrogen-bond donors (Lipinski definition) is 1. The number of likely N-dealkylation sites (N-methyl/N-ethyl adjacent to an activating group) is 1. The van der Waals surface area contributed by atoms with Gasteiger partial charge in [0.1, 0.15) is 0 Å². The van der Waals surface area contributed by atoms with Crippen molar-refractivity contribution in [2.75, 3.05) is 53.0 Å². The Bertz CT molecular complexity index is 698. The minimum atomic E-state index is 0.164. The lowest BCUT2D eigenvalue weighted by Gasteiger charge is -2.30. The van der Waals surface area contributed by atoms with Gasteiger partial charge in [-0.1, -0.05) is 23.4 Å². The van der Waals surface area contributed by atoms with E-state index in [1.54, 1.807) is 0 Å². The minimum Gasteiger partial charge on any atom is -0.379 e. The molecule has 0 spiro atoms. The Kier molecular flexibility index (Phi) is 5.07. The molecule has 2 aliphatic heterocycles. The van der Waals surface area contributed by atoms with Crippen LogP contribution in [0.4, 0.5) is 0 Å². The van der Waals surface area contributed by atoms with E-state index in [4.69, 9.17) is 14.2 Å². The van der Waals surface area contributed by atoms with Crippen LogP contribution >= 0.6 is 0 Å². The van der Waals surface area contributed by atoms with Gasteiger partial charge in [-0.15, -0.1) is 0 Å². The van der Waals surface area contributed by atoms with Crippen LogP contribution < -0.4 is 5.32 Å². The minimum absolute atomic E-state index is 0.164. The van der Waals surface area contributed by atoms with Crippen LogP contribution in [0.1, 0.15) is 17.4 Å². The lowest BCUT2D eigenvalue weighted by Crippen LogP contribution is -2.44. The maximum Gasteiger partial charge on any atom is 0.258 e. The number of hydrogen-bond acceptors (Lipinski definition) is 7. The van der Waals surface area contributed by atoms with Gasteiger partial charge in [-0.05, 0) is 18.7 Å². The molecule has 0 amide bonds. The second-order valence-electron chi connectivity index (χ2n) is 6.70. The van der Waals surface area contributed by atoms with E-state index >= 15 is 0 Å². The molecule has 1 N–H and O–H groups in total. The predicted octanol–water partition coefficient (Wildman–Crippen LogP) is 1.14. The molecule has 2 fully saturated rings. The highest BCUT2D eigenvalue weighted by Crippen LogP contribution is 2.26. The molecule has 4 rings (SSSR count). The van der Waals surface area contributed by atoms with Gasteiger partial charge in [0.25, 0.3) is 5.89 Å². The third-order valence-corrected chi connectivity index (χ3v) is 5.00. The standard InChI is InChI=1S/C18H25N5O2/c1-22-7-6-19-12-16(22)17-20-18(25-21-17)15-5-3-2-4-14(15)13-23-8-10-24-11-9-23/h2-5,16,19H,6-13H2,1H3. The van der Waals surface area contributed by atoms with Crippen molar-refractivity contribution in [1.82, 2.24) is 25.3 Å². The Morgan fingerprint density at radius 1 is 1.20 bits per heavy atom. The van der Waals surface area contributed by atoms with E-state index in [1.165, 1.54) is 5.56 Å². The third kappa shape index (κ3) is 3.74. The molecule has 1 atom stereocenters. The molecule has 0 aliphatic carbocycles. The van der Waals surface area contributed by atoms with Crippen LogP contribution in [0, 0.1) is 0 Å². The van der Waals surface area contributed by atoms with Gasteiger partial charge < -0.3 is 14.6 Å². The predicted molar refractivity (Wildman–Crippen MR) is 94.1 cm³/mol. The van der Waals surface area contributed by atoms with Crippen molar-refractivity contribution in [3.63, 3.8) is 0 Å². The summed E-state index contributed by atoms with van der Waals surface area (Å²) in [7, 11) is 2.11. The van der Waals surface area contributed by atoms with Gasteiger partial charge >= 0.3 is 0 Å². The zero-order valence-corrected chi connectivity index (χ0v) is 14.6. The van der Waals surface area contributed by atoms with Crippen LogP contribution in [-0.2, 0) is 11.3 Å².